The van der Waals surface area contributed by atoms with Crippen LogP contribution in [0.3, 0.4) is 0 Å². The molecule has 1 amide bonds. The first-order chi connectivity index (χ1) is 11.5. The number of benzene rings is 1. The Bertz CT molecular complexity index is 821. The minimum absolute atomic E-state index is 0.0170. The molecule has 0 aliphatic carbocycles. The first-order valence-electron chi connectivity index (χ1n) is 7.98. The van der Waals surface area contributed by atoms with Crippen molar-refractivity contribution < 1.29 is 4.79 Å². The summed E-state index contributed by atoms with van der Waals surface area (Å²) in [5, 5.41) is 13.8. The Morgan fingerprint density at radius 2 is 2.29 bits per heavy atom. The molecule has 1 aromatic heterocycles. The lowest BCUT2D eigenvalue weighted by molar-refractivity contribution is 0.0735. The number of nitrogens with zero attached hydrogens (tertiary/aromatic N) is 4. The van der Waals surface area contributed by atoms with Gasteiger partial charge in [0.2, 0.25) is 0 Å². The smallest absolute Gasteiger partial charge is 0.254 e. The molecular weight excluding hydrogens is 324 g/mol. The number of aryl methyl sites for hydroxylation is 2. The number of aromatic nitrogens is 2. The third-order valence-electron chi connectivity index (χ3n) is 4.50. The summed E-state index contributed by atoms with van der Waals surface area (Å²) in [4.78, 5) is 14.9. The number of hydrogen-bond donors (Lipinski definition) is 0. The standard InChI is InChI=1S/C18H19ClN4O/c1-12-16(17(19)22(2)21-12)15-7-4-10-23(15)18(24)14-6-3-5-13(11-14)8-9-20/h3,5-6,11,15H,4,7-8,10H2,1-2H3/t15-/m0/s1. The van der Waals surface area contributed by atoms with Gasteiger partial charge in [-0.15, -0.1) is 0 Å². The second kappa shape index (κ2) is 6.66. The molecule has 0 bridgehead atoms. The largest absolute Gasteiger partial charge is 0.331 e. The van der Waals surface area contributed by atoms with E-state index in [-0.39, 0.29) is 11.9 Å². The molecular formula is C18H19ClN4O. The summed E-state index contributed by atoms with van der Waals surface area (Å²) < 4.78 is 1.65. The van der Waals surface area contributed by atoms with Crippen molar-refractivity contribution in [2.45, 2.75) is 32.2 Å². The van der Waals surface area contributed by atoms with Gasteiger partial charge in [-0.2, -0.15) is 10.4 Å². The average molecular weight is 343 g/mol. The molecule has 1 fully saturated rings. The third kappa shape index (κ3) is 2.90. The van der Waals surface area contributed by atoms with Crippen LogP contribution in [0.5, 0.6) is 0 Å². The summed E-state index contributed by atoms with van der Waals surface area (Å²) in [5.41, 5.74) is 3.28. The predicted molar refractivity (Wildman–Crippen MR) is 91.7 cm³/mol. The Labute approximate surface area is 146 Å². The zero-order valence-corrected chi connectivity index (χ0v) is 14.5. The van der Waals surface area contributed by atoms with E-state index in [1.807, 2.05) is 31.0 Å². The van der Waals surface area contributed by atoms with Crippen LogP contribution in [0.4, 0.5) is 0 Å². The van der Waals surface area contributed by atoms with E-state index in [2.05, 4.69) is 11.2 Å². The zero-order valence-electron chi connectivity index (χ0n) is 13.8. The maximum atomic E-state index is 13.0. The molecule has 1 aliphatic rings. The van der Waals surface area contributed by atoms with Crippen molar-refractivity contribution in [1.82, 2.24) is 14.7 Å². The quantitative estimate of drug-likeness (QED) is 0.858. The van der Waals surface area contributed by atoms with Gasteiger partial charge in [0.1, 0.15) is 5.15 Å². The van der Waals surface area contributed by atoms with Crippen LogP contribution in [-0.2, 0) is 13.5 Å². The fraction of sp³-hybridized carbons (Fsp3) is 0.389. The van der Waals surface area contributed by atoms with Crippen LogP contribution < -0.4 is 0 Å². The van der Waals surface area contributed by atoms with Crippen LogP contribution in [0.2, 0.25) is 5.15 Å². The Hall–Kier alpha value is -2.32. The van der Waals surface area contributed by atoms with Crippen molar-refractivity contribution >= 4 is 17.5 Å². The molecule has 124 valence electrons. The van der Waals surface area contributed by atoms with Gasteiger partial charge in [-0.1, -0.05) is 23.7 Å². The first-order valence-corrected chi connectivity index (χ1v) is 8.36. The van der Waals surface area contributed by atoms with E-state index in [1.165, 1.54) is 0 Å². The number of rotatable bonds is 3. The monoisotopic (exact) mass is 342 g/mol. The highest BCUT2D eigenvalue weighted by molar-refractivity contribution is 6.30. The van der Waals surface area contributed by atoms with Crippen LogP contribution in [0.1, 0.15) is 46.1 Å². The van der Waals surface area contributed by atoms with Gasteiger partial charge in [-0.05, 0) is 37.5 Å². The molecule has 5 nitrogen and oxygen atoms in total. The van der Waals surface area contributed by atoms with Gasteiger partial charge in [0, 0.05) is 24.7 Å². The van der Waals surface area contributed by atoms with Gasteiger partial charge in [-0.25, -0.2) is 0 Å². The topological polar surface area (TPSA) is 61.9 Å². The van der Waals surface area contributed by atoms with E-state index >= 15 is 0 Å². The Kier molecular flexibility index (Phi) is 4.59. The van der Waals surface area contributed by atoms with E-state index in [4.69, 9.17) is 16.9 Å². The van der Waals surface area contributed by atoms with Crippen LogP contribution >= 0.6 is 11.6 Å². The molecule has 24 heavy (non-hydrogen) atoms. The summed E-state index contributed by atoms with van der Waals surface area (Å²) in [6.07, 6.45) is 2.13. The van der Waals surface area contributed by atoms with Gasteiger partial charge in [0.25, 0.3) is 5.91 Å². The molecule has 2 heterocycles. The summed E-state index contributed by atoms with van der Waals surface area (Å²) in [5.74, 6) is -0.0170. The van der Waals surface area contributed by atoms with Crippen LogP contribution in [0, 0.1) is 18.3 Å². The normalized spacial score (nSPS) is 17.1. The fourth-order valence-electron chi connectivity index (χ4n) is 3.41. The maximum Gasteiger partial charge on any atom is 0.254 e. The van der Waals surface area contributed by atoms with Crippen molar-refractivity contribution in [3.05, 3.63) is 51.8 Å². The molecule has 3 rings (SSSR count). The van der Waals surface area contributed by atoms with Crippen molar-refractivity contribution in [1.29, 1.82) is 5.26 Å². The number of carbonyl (C=O) groups excluding carboxylic acids is 1. The maximum absolute atomic E-state index is 13.0. The van der Waals surface area contributed by atoms with Gasteiger partial charge in [0.15, 0.2) is 0 Å². The second-order valence-corrected chi connectivity index (χ2v) is 6.46. The van der Waals surface area contributed by atoms with E-state index in [0.29, 0.717) is 23.7 Å². The van der Waals surface area contributed by atoms with Crippen LogP contribution in [0.15, 0.2) is 24.3 Å². The van der Waals surface area contributed by atoms with Crippen LogP contribution in [-0.4, -0.2) is 27.1 Å². The predicted octanol–water partition coefficient (Wildman–Crippen LogP) is 3.43. The van der Waals surface area contributed by atoms with Gasteiger partial charge in [0.05, 0.1) is 24.2 Å². The van der Waals surface area contributed by atoms with Gasteiger partial charge < -0.3 is 4.90 Å². The van der Waals surface area contributed by atoms with E-state index in [0.717, 1.165) is 29.7 Å². The van der Waals surface area contributed by atoms with Crippen molar-refractivity contribution in [2.24, 2.45) is 7.05 Å². The van der Waals surface area contributed by atoms with E-state index < -0.39 is 0 Å². The van der Waals surface area contributed by atoms with Gasteiger partial charge >= 0.3 is 0 Å². The summed E-state index contributed by atoms with van der Waals surface area (Å²) in [6, 6.07) is 9.37. The highest BCUT2D eigenvalue weighted by Crippen LogP contribution is 2.38. The molecule has 1 atom stereocenters. The molecule has 0 N–H and O–H groups in total. The number of nitriles is 1. The summed E-state index contributed by atoms with van der Waals surface area (Å²) in [6.45, 7) is 2.63. The van der Waals surface area contributed by atoms with Crippen molar-refractivity contribution in [3.63, 3.8) is 0 Å². The highest BCUT2D eigenvalue weighted by atomic mass is 35.5. The van der Waals surface area contributed by atoms with E-state index in [1.54, 1.807) is 16.8 Å². The summed E-state index contributed by atoms with van der Waals surface area (Å²) >= 11 is 6.40. The molecule has 0 saturated carbocycles. The molecule has 1 aromatic carbocycles. The molecule has 1 saturated heterocycles. The Morgan fingerprint density at radius 1 is 1.50 bits per heavy atom. The number of amides is 1. The lowest BCUT2D eigenvalue weighted by Crippen LogP contribution is -2.31. The summed E-state index contributed by atoms with van der Waals surface area (Å²) in [7, 11) is 1.81. The molecule has 0 unspecified atom stereocenters. The second-order valence-electron chi connectivity index (χ2n) is 6.11. The number of hydrogen-bond acceptors (Lipinski definition) is 3. The van der Waals surface area contributed by atoms with Crippen LogP contribution in [0.25, 0.3) is 0 Å². The van der Waals surface area contributed by atoms with E-state index in [9.17, 15) is 4.79 Å². The minimum Gasteiger partial charge on any atom is -0.331 e. The lowest BCUT2D eigenvalue weighted by atomic mass is 10.0. The van der Waals surface area contributed by atoms with Gasteiger partial charge in [-0.3, -0.25) is 9.48 Å². The minimum atomic E-state index is -0.0432. The first kappa shape index (κ1) is 16.5. The molecule has 2 aromatic rings. The zero-order chi connectivity index (χ0) is 17.3. The molecule has 1 aliphatic heterocycles. The molecule has 0 spiro atoms. The number of carbonyl (C=O) groups is 1. The van der Waals surface area contributed by atoms with Crippen molar-refractivity contribution in [3.8, 4) is 6.07 Å². The lowest BCUT2D eigenvalue weighted by Gasteiger charge is -2.25. The molecule has 0 radical (unpaired) electrons. The highest BCUT2D eigenvalue weighted by Gasteiger charge is 2.34. The molecule has 6 heteroatoms. The number of halogens is 1. The Morgan fingerprint density at radius 3 is 2.96 bits per heavy atom. The SMILES string of the molecule is Cc1nn(C)c(Cl)c1[C@@H]1CCCN1C(=O)c1cccc(CC#N)c1. The fourth-order valence-corrected chi connectivity index (χ4v) is 3.71. The Balaban J connectivity index is 1.92. The average Bonchev–Trinajstić information content (AvgIpc) is 3.12. The van der Waals surface area contributed by atoms with Crippen molar-refractivity contribution in [2.75, 3.05) is 6.54 Å². The third-order valence-corrected chi connectivity index (χ3v) is 4.95. The number of likely N-dealkylation sites (tertiary alicyclic amines) is 1.